The molecule has 0 bridgehead atoms. The Kier molecular flexibility index (Phi) is 3.11. The standard InChI is InChI=1S/C14H17NO3/c1-9-4-3-5-10(8-9)14(13(15)17)7-6-11(14)12(16)18-2/h3-5,8,11H,6-7H2,1-2H3,(H2,15,17). The average Bonchev–Trinajstić information content (AvgIpc) is 2.27. The van der Waals surface area contributed by atoms with E-state index in [0.29, 0.717) is 12.8 Å². The Morgan fingerprint density at radius 2 is 2.17 bits per heavy atom. The normalized spacial score (nSPS) is 26.2. The Bertz CT molecular complexity index is 498. The smallest absolute Gasteiger partial charge is 0.310 e. The SMILES string of the molecule is COC(=O)C1CCC1(C(N)=O)c1cccc(C)c1. The number of hydrogen-bond donors (Lipinski definition) is 1. The molecule has 0 radical (unpaired) electrons. The quantitative estimate of drug-likeness (QED) is 0.818. The van der Waals surface area contributed by atoms with Crippen molar-refractivity contribution in [1.82, 2.24) is 0 Å². The molecule has 1 aromatic carbocycles. The highest BCUT2D eigenvalue weighted by atomic mass is 16.5. The summed E-state index contributed by atoms with van der Waals surface area (Å²) >= 11 is 0. The number of benzene rings is 1. The molecule has 4 heteroatoms. The molecular weight excluding hydrogens is 230 g/mol. The summed E-state index contributed by atoms with van der Waals surface area (Å²) in [6, 6.07) is 7.60. The van der Waals surface area contributed by atoms with Gasteiger partial charge in [0.05, 0.1) is 18.4 Å². The maximum absolute atomic E-state index is 11.9. The van der Waals surface area contributed by atoms with Gasteiger partial charge in [-0.15, -0.1) is 0 Å². The number of rotatable bonds is 3. The van der Waals surface area contributed by atoms with Crippen molar-refractivity contribution < 1.29 is 14.3 Å². The van der Waals surface area contributed by atoms with Crippen LogP contribution in [-0.2, 0) is 19.7 Å². The van der Waals surface area contributed by atoms with Crippen LogP contribution in [0.2, 0.25) is 0 Å². The van der Waals surface area contributed by atoms with Crippen LogP contribution >= 0.6 is 0 Å². The van der Waals surface area contributed by atoms with Crippen LogP contribution in [0.25, 0.3) is 0 Å². The highest BCUT2D eigenvalue weighted by molar-refractivity contribution is 5.94. The summed E-state index contributed by atoms with van der Waals surface area (Å²) in [5, 5.41) is 0. The highest BCUT2D eigenvalue weighted by Crippen LogP contribution is 2.49. The number of methoxy groups -OCH3 is 1. The molecule has 1 aromatic rings. The zero-order chi connectivity index (χ0) is 13.3. The summed E-state index contributed by atoms with van der Waals surface area (Å²) in [4.78, 5) is 23.6. The van der Waals surface area contributed by atoms with Gasteiger partial charge in [-0.1, -0.05) is 29.8 Å². The van der Waals surface area contributed by atoms with Crippen LogP contribution in [0.1, 0.15) is 24.0 Å². The maximum Gasteiger partial charge on any atom is 0.310 e. The molecule has 0 saturated heterocycles. The lowest BCUT2D eigenvalue weighted by Crippen LogP contribution is -2.57. The van der Waals surface area contributed by atoms with Gasteiger partial charge < -0.3 is 10.5 Å². The summed E-state index contributed by atoms with van der Waals surface area (Å²) in [6.07, 6.45) is 1.25. The zero-order valence-corrected chi connectivity index (χ0v) is 10.6. The van der Waals surface area contributed by atoms with Crippen LogP contribution in [-0.4, -0.2) is 19.0 Å². The minimum absolute atomic E-state index is 0.360. The molecule has 2 atom stereocenters. The molecule has 4 nitrogen and oxygen atoms in total. The number of nitrogens with two attached hydrogens (primary N) is 1. The van der Waals surface area contributed by atoms with Gasteiger partial charge in [-0.3, -0.25) is 9.59 Å². The molecule has 1 saturated carbocycles. The first kappa shape index (κ1) is 12.6. The van der Waals surface area contributed by atoms with Crippen LogP contribution in [0.5, 0.6) is 0 Å². The van der Waals surface area contributed by atoms with Gasteiger partial charge >= 0.3 is 5.97 Å². The molecule has 1 fully saturated rings. The van der Waals surface area contributed by atoms with Gasteiger partial charge in [0.2, 0.25) is 5.91 Å². The fourth-order valence-corrected chi connectivity index (χ4v) is 2.74. The van der Waals surface area contributed by atoms with E-state index in [1.54, 1.807) is 0 Å². The molecule has 2 rings (SSSR count). The van der Waals surface area contributed by atoms with E-state index < -0.39 is 17.2 Å². The molecule has 0 spiro atoms. The Hall–Kier alpha value is -1.84. The molecule has 96 valence electrons. The van der Waals surface area contributed by atoms with E-state index in [0.717, 1.165) is 11.1 Å². The Morgan fingerprint density at radius 3 is 2.61 bits per heavy atom. The summed E-state index contributed by atoms with van der Waals surface area (Å²) in [5.41, 5.74) is 6.52. The first-order valence-corrected chi connectivity index (χ1v) is 5.97. The molecule has 1 aliphatic carbocycles. The van der Waals surface area contributed by atoms with Crippen molar-refractivity contribution in [3.05, 3.63) is 35.4 Å². The van der Waals surface area contributed by atoms with Crippen LogP contribution in [0.15, 0.2) is 24.3 Å². The van der Waals surface area contributed by atoms with Gasteiger partial charge in [0.25, 0.3) is 0 Å². The summed E-state index contributed by atoms with van der Waals surface area (Å²) < 4.78 is 4.76. The lowest BCUT2D eigenvalue weighted by atomic mass is 9.56. The third kappa shape index (κ3) is 1.68. The molecule has 0 aromatic heterocycles. The first-order chi connectivity index (χ1) is 8.52. The van der Waals surface area contributed by atoms with Crippen molar-refractivity contribution in [3.8, 4) is 0 Å². The maximum atomic E-state index is 11.9. The van der Waals surface area contributed by atoms with Gasteiger partial charge in [-0.25, -0.2) is 0 Å². The number of primary amides is 1. The number of carbonyl (C=O) groups excluding carboxylic acids is 2. The van der Waals surface area contributed by atoms with E-state index in [1.165, 1.54) is 7.11 Å². The second-order valence-electron chi connectivity index (χ2n) is 4.82. The minimum Gasteiger partial charge on any atom is -0.469 e. The topological polar surface area (TPSA) is 69.4 Å². The predicted molar refractivity (Wildman–Crippen MR) is 66.8 cm³/mol. The van der Waals surface area contributed by atoms with Crippen molar-refractivity contribution in [3.63, 3.8) is 0 Å². The molecule has 18 heavy (non-hydrogen) atoms. The minimum atomic E-state index is -0.890. The van der Waals surface area contributed by atoms with Gasteiger partial charge in [0.1, 0.15) is 0 Å². The number of hydrogen-bond acceptors (Lipinski definition) is 3. The molecule has 2 unspecified atom stereocenters. The third-order valence-electron chi connectivity index (χ3n) is 3.88. The monoisotopic (exact) mass is 247 g/mol. The summed E-state index contributed by atoms with van der Waals surface area (Å²) in [5.74, 6) is -1.27. The van der Waals surface area contributed by atoms with Gasteiger partial charge in [0.15, 0.2) is 0 Å². The number of amides is 1. The molecule has 1 aliphatic rings. The van der Waals surface area contributed by atoms with E-state index in [4.69, 9.17) is 10.5 Å². The number of carbonyl (C=O) groups is 2. The van der Waals surface area contributed by atoms with Crippen LogP contribution in [0, 0.1) is 12.8 Å². The second-order valence-corrected chi connectivity index (χ2v) is 4.82. The van der Waals surface area contributed by atoms with Crippen molar-refractivity contribution >= 4 is 11.9 Å². The summed E-state index contributed by atoms with van der Waals surface area (Å²) in [7, 11) is 1.34. The molecule has 0 aliphatic heterocycles. The van der Waals surface area contributed by atoms with E-state index >= 15 is 0 Å². The molecule has 1 amide bonds. The molecule has 0 heterocycles. The third-order valence-corrected chi connectivity index (χ3v) is 3.88. The lowest BCUT2D eigenvalue weighted by Gasteiger charge is -2.45. The van der Waals surface area contributed by atoms with E-state index in [9.17, 15) is 9.59 Å². The molecule has 2 N–H and O–H groups in total. The Labute approximate surface area is 106 Å². The first-order valence-electron chi connectivity index (χ1n) is 5.97. The lowest BCUT2D eigenvalue weighted by molar-refractivity contribution is -0.157. The fourth-order valence-electron chi connectivity index (χ4n) is 2.74. The molecular formula is C14H17NO3. The number of esters is 1. The fraction of sp³-hybridized carbons (Fsp3) is 0.429. The second kappa shape index (κ2) is 4.44. The highest BCUT2D eigenvalue weighted by Gasteiger charge is 2.56. The zero-order valence-electron chi connectivity index (χ0n) is 10.6. The van der Waals surface area contributed by atoms with Gasteiger partial charge in [-0.05, 0) is 25.3 Å². The van der Waals surface area contributed by atoms with Crippen molar-refractivity contribution in [2.45, 2.75) is 25.2 Å². The number of aryl methyl sites for hydroxylation is 1. The van der Waals surface area contributed by atoms with Gasteiger partial charge in [0, 0.05) is 0 Å². The van der Waals surface area contributed by atoms with Crippen LogP contribution < -0.4 is 5.73 Å². The van der Waals surface area contributed by atoms with Crippen molar-refractivity contribution in [2.24, 2.45) is 11.7 Å². The van der Waals surface area contributed by atoms with Crippen LogP contribution in [0.3, 0.4) is 0 Å². The van der Waals surface area contributed by atoms with Gasteiger partial charge in [-0.2, -0.15) is 0 Å². The van der Waals surface area contributed by atoms with E-state index in [1.807, 2.05) is 31.2 Å². The van der Waals surface area contributed by atoms with E-state index in [2.05, 4.69) is 0 Å². The Balaban J connectivity index is 2.46. The summed E-state index contributed by atoms with van der Waals surface area (Å²) in [6.45, 7) is 1.95. The Morgan fingerprint density at radius 1 is 1.44 bits per heavy atom. The average molecular weight is 247 g/mol. The largest absolute Gasteiger partial charge is 0.469 e. The van der Waals surface area contributed by atoms with Crippen LogP contribution in [0.4, 0.5) is 0 Å². The van der Waals surface area contributed by atoms with E-state index in [-0.39, 0.29) is 5.97 Å². The van der Waals surface area contributed by atoms with Crippen molar-refractivity contribution in [2.75, 3.05) is 7.11 Å². The predicted octanol–water partition coefficient (Wildman–Crippen LogP) is 1.30. The van der Waals surface area contributed by atoms with Crippen molar-refractivity contribution in [1.29, 1.82) is 0 Å². The number of ether oxygens (including phenoxy) is 1.